The van der Waals surface area contributed by atoms with E-state index in [1.165, 1.54) is 27.2 Å². The molecule has 3 rings (SSSR count). The van der Waals surface area contributed by atoms with Crippen LogP contribution in [0.3, 0.4) is 0 Å². The third-order valence-corrected chi connectivity index (χ3v) is 7.81. The number of carbonyl (C=O) groups is 3. The molecular formula is C32H42N4O4S. The molecule has 0 aliphatic heterocycles. The number of benzene rings is 2. The zero-order valence-electron chi connectivity index (χ0n) is 24.5. The Labute approximate surface area is 246 Å². The highest BCUT2D eigenvalue weighted by Crippen LogP contribution is 2.21. The number of nitrogens with one attached hydrogen (secondary N) is 1. The minimum absolute atomic E-state index is 0.0724. The maximum absolute atomic E-state index is 14.2. The molecule has 9 heteroatoms. The number of hydrogen-bond donors (Lipinski definition) is 3. The van der Waals surface area contributed by atoms with Crippen molar-refractivity contribution >= 4 is 39.8 Å². The van der Waals surface area contributed by atoms with Gasteiger partial charge in [-0.25, -0.2) is 0 Å². The smallest absolute Gasteiger partial charge is 0.246 e. The maximum Gasteiger partial charge on any atom is 0.246 e. The van der Waals surface area contributed by atoms with Crippen LogP contribution in [0.2, 0.25) is 0 Å². The van der Waals surface area contributed by atoms with Crippen molar-refractivity contribution in [2.24, 2.45) is 5.73 Å². The summed E-state index contributed by atoms with van der Waals surface area (Å²) in [6, 6.07) is 16.1. The van der Waals surface area contributed by atoms with Gasteiger partial charge in [-0.2, -0.15) is 0 Å². The van der Waals surface area contributed by atoms with Crippen LogP contribution < -0.4 is 11.1 Å². The van der Waals surface area contributed by atoms with E-state index in [2.05, 4.69) is 5.32 Å². The van der Waals surface area contributed by atoms with Gasteiger partial charge < -0.3 is 26.0 Å². The number of likely N-dealkylation sites (N-methyl/N-ethyl adjacent to an activating group) is 2. The molecule has 41 heavy (non-hydrogen) atoms. The van der Waals surface area contributed by atoms with Gasteiger partial charge in [0.2, 0.25) is 17.7 Å². The molecule has 1 heterocycles. The van der Waals surface area contributed by atoms with E-state index in [1.54, 1.807) is 27.1 Å². The van der Waals surface area contributed by atoms with Crippen LogP contribution in [-0.2, 0) is 27.2 Å². The number of rotatable bonds is 13. The normalized spacial score (nSPS) is 14.0. The van der Waals surface area contributed by atoms with E-state index in [0.29, 0.717) is 12.8 Å². The first kappa shape index (κ1) is 32.0. The monoisotopic (exact) mass is 578 g/mol. The Balaban J connectivity index is 1.93. The standard InChI is InChI=1S/C32H42N4O4S/c1-22(37)21-34-30(39)27(20-26-12-9-17-41-26)36(5)31(40)28(35(4)29(38)13-8-16-32(2,3)33)19-23-14-15-24-10-6-7-11-25(24)18-23/h6-15,17-18,22,27-28,37H,16,19-21,33H2,1-5H3,(H,34,39)/t22-,27-,28-/m1/s1. The Morgan fingerprint density at radius 3 is 2.34 bits per heavy atom. The molecule has 0 bridgehead atoms. The fourth-order valence-corrected chi connectivity index (χ4v) is 5.24. The SMILES string of the molecule is C[C@@H](O)CNC(=O)[C@@H](Cc1cccs1)N(C)C(=O)[C@@H](Cc1ccc2ccccc2c1)N(C)C(=O)C=CCC(C)(C)N. The summed E-state index contributed by atoms with van der Waals surface area (Å²) in [5, 5.41) is 16.5. The minimum Gasteiger partial charge on any atom is -0.392 e. The fraction of sp³-hybridized carbons (Fsp3) is 0.406. The van der Waals surface area contributed by atoms with Crippen molar-refractivity contribution in [3.05, 3.63) is 82.6 Å². The number of fused-ring (bicyclic) bond motifs is 1. The van der Waals surface area contributed by atoms with E-state index in [0.717, 1.165) is 21.2 Å². The summed E-state index contributed by atoms with van der Waals surface area (Å²) in [6.45, 7) is 5.41. The summed E-state index contributed by atoms with van der Waals surface area (Å²) >= 11 is 1.51. The van der Waals surface area contributed by atoms with Crippen molar-refractivity contribution in [3.63, 3.8) is 0 Å². The fourth-order valence-electron chi connectivity index (χ4n) is 4.49. The molecule has 0 aliphatic carbocycles. The van der Waals surface area contributed by atoms with E-state index in [-0.39, 0.29) is 30.7 Å². The molecule has 8 nitrogen and oxygen atoms in total. The highest BCUT2D eigenvalue weighted by molar-refractivity contribution is 7.09. The van der Waals surface area contributed by atoms with Crippen molar-refractivity contribution in [2.45, 2.75) is 63.8 Å². The Hall–Kier alpha value is -3.53. The summed E-state index contributed by atoms with van der Waals surface area (Å²) in [5.41, 5.74) is 6.49. The summed E-state index contributed by atoms with van der Waals surface area (Å²) in [6.07, 6.45) is 3.54. The van der Waals surface area contributed by atoms with Crippen LogP contribution in [0.15, 0.2) is 72.1 Å². The first-order chi connectivity index (χ1) is 19.4. The third kappa shape index (κ3) is 9.52. The molecular weight excluding hydrogens is 536 g/mol. The van der Waals surface area contributed by atoms with Gasteiger partial charge >= 0.3 is 0 Å². The van der Waals surface area contributed by atoms with Crippen LogP contribution in [0.25, 0.3) is 10.8 Å². The summed E-state index contributed by atoms with van der Waals surface area (Å²) in [7, 11) is 3.21. The van der Waals surface area contributed by atoms with Crippen molar-refractivity contribution in [1.82, 2.24) is 15.1 Å². The van der Waals surface area contributed by atoms with Crippen LogP contribution in [-0.4, -0.2) is 77.0 Å². The Bertz CT molecular complexity index is 1350. The van der Waals surface area contributed by atoms with Crippen molar-refractivity contribution in [2.75, 3.05) is 20.6 Å². The summed E-state index contributed by atoms with van der Waals surface area (Å²) in [5.74, 6) is -1.04. The quantitative estimate of drug-likeness (QED) is 0.269. The molecule has 0 radical (unpaired) electrons. The lowest BCUT2D eigenvalue weighted by atomic mass is 9.99. The third-order valence-electron chi connectivity index (χ3n) is 6.91. The van der Waals surface area contributed by atoms with Gasteiger partial charge in [0.05, 0.1) is 6.10 Å². The van der Waals surface area contributed by atoms with Crippen LogP contribution in [0.5, 0.6) is 0 Å². The number of aliphatic hydroxyl groups is 1. The van der Waals surface area contributed by atoms with Gasteiger partial charge in [0.1, 0.15) is 12.1 Å². The lowest BCUT2D eigenvalue weighted by Crippen LogP contribution is -2.56. The van der Waals surface area contributed by atoms with Crippen molar-refractivity contribution in [3.8, 4) is 0 Å². The number of nitrogens with zero attached hydrogens (tertiary/aromatic N) is 2. The van der Waals surface area contributed by atoms with Gasteiger partial charge in [0.15, 0.2) is 0 Å². The van der Waals surface area contributed by atoms with Crippen molar-refractivity contribution < 1.29 is 19.5 Å². The molecule has 0 saturated carbocycles. The largest absolute Gasteiger partial charge is 0.392 e. The molecule has 0 saturated heterocycles. The van der Waals surface area contributed by atoms with Gasteiger partial charge in [-0.05, 0) is 61.1 Å². The number of aliphatic hydroxyl groups excluding tert-OH is 1. The predicted octanol–water partition coefficient (Wildman–Crippen LogP) is 3.52. The number of nitrogens with two attached hydrogens (primary N) is 1. The van der Waals surface area contributed by atoms with Crippen LogP contribution in [0, 0.1) is 0 Å². The van der Waals surface area contributed by atoms with Gasteiger partial charge in [0.25, 0.3) is 0 Å². The second kappa shape index (κ2) is 14.4. The number of thiophene rings is 1. The van der Waals surface area contributed by atoms with Gasteiger partial charge in [-0.15, -0.1) is 11.3 Å². The highest BCUT2D eigenvalue weighted by Gasteiger charge is 2.35. The molecule has 0 aliphatic rings. The second-order valence-electron chi connectivity index (χ2n) is 11.3. The van der Waals surface area contributed by atoms with Gasteiger partial charge in [-0.3, -0.25) is 14.4 Å². The lowest BCUT2D eigenvalue weighted by molar-refractivity contribution is -0.146. The van der Waals surface area contributed by atoms with E-state index in [9.17, 15) is 19.5 Å². The van der Waals surface area contributed by atoms with Crippen LogP contribution in [0.1, 0.15) is 37.6 Å². The molecule has 3 atom stereocenters. The molecule has 3 amide bonds. The first-order valence-electron chi connectivity index (χ1n) is 13.8. The summed E-state index contributed by atoms with van der Waals surface area (Å²) in [4.78, 5) is 44.5. The molecule has 220 valence electrons. The average Bonchev–Trinajstić information content (AvgIpc) is 3.44. The molecule has 0 fully saturated rings. The number of carbonyl (C=O) groups excluding carboxylic acids is 3. The topological polar surface area (TPSA) is 116 Å². The Morgan fingerprint density at radius 2 is 1.71 bits per heavy atom. The molecule has 0 spiro atoms. The predicted molar refractivity (Wildman–Crippen MR) is 166 cm³/mol. The first-order valence-corrected chi connectivity index (χ1v) is 14.7. The van der Waals surface area contributed by atoms with Crippen molar-refractivity contribution in [1.29, 1.82) is 0 Å². The van der Waals surface area contributed by atoms with E-state index >= 15 is 0 Å². The summed E-state index contributed by atoms with van der Waals surface area (Å²) < 4.78 is 0. The van der Waals surface area contributed by atoms with Gasteiger partial charge in [0, 0.05) is 43.9 Å². The van der Waals surface area contributed by atoms with Crippen LogP contribution >= 0.6 is 11.3 Å². The number of hydrogen-bond acceptors (Lipinski definition) is 6. The second-order valence-corrected chi connectivity index (χ2v) is 12.3. The molecule has 2 aromatic carbocycles. The maximum atomic E-state index is 14.2. The highest BCUT2D eigenvalue weighted by atomic mass is 32.1. The van der Waals surface area contributed by atoms with E-state index in [4.69, 9.17) is 5.73 Å². The molecule has 1 aromatic heterocycles. The zero-order chi connectivity index (χ0) is 30.2. The Kier molecular flexibility index (Phi) is 11.2. The molecule has 4 N–H and O–H groups in total. The minimum atomic E-state index is -0.861. The number of amides is 3. The average molecular weight is 579 g/mol. The van der Waals surface area contributed by atoms with Gasteiger partial charge in [-0.1, -0.05) is 54.6 Å². The Morgan fingerprint density at radius 1 is 1.00 bits per heavy atom. The van der Waals surface area contributed by atoms with E-state index in [1.807, 2.05) is 73.8 Å². The molecule has 3 aromatic rings. The zero-order valence-corrected chi connectivity index (χ0v) is 25.4. The van der Waals surface area contributed by atoms with E-state index < -0.39 is 23.7 Å². The molecule has 0 unspecified atom stereocenters. The lowest BCUT2D eigenvalue weighted by Gasteiger charge is -2.34. The van der Waals surface area contributed by atoms with Crippen LogP contribution in [0.4, 0.5) is 0 Å².